The van der Waals surface area contributed by atoms with Crippen LogP contribution in [0.15, 0.2) is 34.9 Å². The van der Waals surface area contributed by atoms with E-state index in [0.29, 0.717) is 17.7 Å². The van der Waals surface area contributed by atoms with Crippen LogP contribution >= 0.6 is 11.3 Å². The van der Waals surface area contributed by atoms with E-state index in [1.54, 1.807) is 6.92 Å². The quantitative estimate of drug-likeness (QED) is 0.502. The van der Waals surface area contributed by atoms with E-state index in [9.17, 15) is 4.79 Å². The van der Waals surface area contributed by atoms with Gasteiger partial charge in [0.25, 0.3) is 5.91 Å². The molecule has 6 heteroatoms. The fraction of sp³-hybridized carbons (Fsp3) is 0.231. The monoisotopic (exact) mass is 275 g/mol. The Balaban J connectivity index is 2.08. The lowest BCUT2D eigenvalue weighted by Crippen LogP contribution is -2.28. The summed E-state index contributed by atoms with van der Waals surface area (Å²) < 4.78 is 2.02. The summed E-state index contributed by atoms with van der Waals surface area (Å²) in [5.41, 5.74) is 2.27. The maximum absolute atomic E-state index is 12.2. The molecule has 1 unspecified atom stereocenters. The van der Waals surface area contributed by atoms with Crippen molar-refractivity contribution >= 4 is 23.0 Å². The maximum Gasteiger partial charge on any atom is 0.254 e. The number of hydrogen-bond donors (Lipinski definition) is 2. The lowest BCUT2D eigenvalue weighted by Gasteiger charge is -2.16. The molecule has 1 amide bonds. The predicted molar refractivity (Wildman–Crippen MR) is 73.4 cm³/mol. The number of oxime groups is 1. The molecule has 2 aromatic rings. The summed E-state index contributed by atoms with van der Waals surface area (Å²) in [5, 5.41) is 17.8. The van der Waals surface area contributed by atoms with Crippen molar-refractivity contribution in [1.82, 2.24) is 9.88 Å². The Bertz CT molecular complexity index is 656. The molecule has 5 nitrogen and oxygen atoms in total. The standard InChI is InChI=1S/C13H13N3O2S/c1-8(15-18)7-10-11-3-2-5-16(11)13-9(4-6-19-13)12(17)14-10/h2-6,10,18H,7H2,1H3,(H,14,17)/b15-8+. The van der Waals surface area contributed by atoms with Crippen molar-refractivity contribution < 1.29 is 10.0 Å². The molecule has 0 bridgehead atoms. The maximum atomic E-state index is 12.2. The largest absolute Gasteiger partial charge is 0.411 e. The first-order valence-corrected chi connectivity index (χ1v) is 6.82. The SMILES string of the molecule is C/C(CC1NC(=O)c2ccsc2-n2cccc21)=N\O. The van der Waals surface area contributed by atoms with Gasteiger partial charge >= 0.3 is 0 Å². The van der Waals surface area contributed by atoms with E-state index in [2.05, 4.69) is 10.5 Å². The highest BCUT2D eigenvalue weighted by Gasteiger charge is 2.27. The van der Waals surface area contributed by atoms with Gasteiger partial charge in [0.05, 0.1) is 17.3 Å². The molecule has 0 fully saturated rings. The second kappa shape index (κ2) is 4.55. The minimum absolute atomic E-state index is 0.0873. The van der Waals surface area contributed by atoms with Crippen LogP contribution in [0.3, 0.4) is 0 Å². The van der Waals surface area contributed by atoms with Crippen molar-refractivity contribution in [1.29, 1.82) is 0 Å². The lowest BCUT2D eigenvalue weighted by atomic mass is 10.1. The highest BCUT2D eigenvalue weighted by Crippen LogP contribution is 2.31. The molecule has 0 saturated carbocycles. The van der Waals surface area contributed by atoms with Crippen LogP contribution in [0.1, 0.15) is 35.4 Å². The Hall–Kier alpha value is -2.08. The second-order valence-corrected chi connectivity index (χ2v) is 5.40. The molecule has 2 N–H and O–H groups in total. The molecule has 3 rings (SSSR count). The van der Waals surface area contributed by atoms with Gasteiger partial charge in [0.2, 0.25) is 0 Å². The third-order valence-electron chi connectivity index (χ3n) is 3.22. The Morgan fingerprint density at radius 3 is 3.21 bits per heavy atom. The van der Waals surface area contributed by atoms with Gasteiger partial charge in [-0.1, -0.05) is 5.16 Å². The normalized spacial score (nSPS) is 18.5. The average molecular weight is 275 g/mol. The molecular weight excluding hydrogens is 262 g/mol. The molecule has 0 spiro atoms. The Labute approximate surface area is 114 Å². The van der Waals surface area contributed by atoms with Gasteiger partial charge < -0.3 is 15.1 Å². The highest BCUT2D eigenvalue weighted by atomic mass is 32.1. The first-order chi connectivity index (χ1) is 9.20. The van der Waals surface area contributed by atoms with Gasteiger partial charge in [0, 0.05) is 18.3 Å². The third kappa shape index (κ3) is 1.94. The molecule has 1 atom stereocenters. The molecule has 0 saturated heterocycles. The summed E-state index contributed by atoms with van der Waals surface area (Å²) >= 11 is 1.54. The summed E-state index contributed by atoms with van der Waals surface area (Å²) in [6.45, 7) is 1.74. The van der Waals surface area contributed by atoms with Gasteiger partial charge in [-0.05, 0) is 30.5 Å². The summed E-state index contributed by atoms with van der Waals surface area (Å²) in [6, 6.07) is 5.58. The van der Waals surface area contributed by atoms with Crippen LogP contribution in [-0.2, 0) is 0 Å². The third-order valence-corrected chi connectivity index (χ3v) is 4.13. The van der Waals surface area contributed by atoms with Gasteiger partial charge in [0.15, 0.2) is 0 Å². The zero-order valence-corrected chi connectivity index (χ0v) is 11.1. The second-order valence-electron chi connectivity index (χ2n) is 4.51. The molecule has 0 radical (unpaired) electrons. The van der Waals surface area contributed by atoms with Crippen LogP contribution < -0.4 is 5.32 Å². The molecule has 98 valence electrons. The van der Waals surface area contributed by atoms with Crippen LogP contribution in [0, 0.1) is 0 Å². The number of aromatic nitrogens is 1. The van der Waals surface area contributed by atoms with Crippen molar-refractivity contribution in [3.63, 3.8) is 0 Å². The number of amides is 1. The smallest absolute Gasteiger partial charge is 0.254 e. The summed E-state index contributed by atoms with van der Waals surface area (Å²) in [6.07, 6.45) is 2.44. The molecule has 0 aromatic carbocycles. The number of carbonyl (C=O) groups excluding carboxylic acids is 1. The number of thiophene rings is 1. The van der Waals surface area contributed by atoms with E-state index in [0.717, 1.165) is 10.7 Å². The minimum Gasteiger partial charge on any atom is -0.411 e. The summed E-state index contributed by atoms with van der Waals surface area (Å²) in [4.78, 5) is 12.2. The van der Waals surface area contributed by atoms with Gasteiger partial charge in [-0.25, -0.2) is 0 Å². The zero-order chi connectivity index (χ0) is 13.4. The topological polar surface area (TPSA) is 66.6 Å². The van der Waals surface area contributed by atoms with E-state index >= 15 is 0 Å². The number of carbonyl (C=O) groups is 1. The number of rotatable bonds is 2. The molecule has 1 aliphatic heterocycles. The molecule has 3 heterocycles. The number of fused-ring (bicyclic) bond motifs is 3. The van der Waals surface area contributed by atoms with Crippen LogP contribution in [0.2, 0.25) is 0 Å². The predicted octanol–water partition coefficient (Wildman–Crippen LogP) is 2.56. The van der Waals surface area contributed by atoms with Crippen molar-refractivity contribution in [3.05, 3.63) is 41.0 Å². The average Bonchev–Trinajstić information content (AvgIpc) is 3.03. The van der Waals surface area contributed by atoms with E-state index in [1.807, 2.05) is 34.3 Å². The van der Waals surface area contributed by atoms with Gasteiger partial charge in [-0.15, -0.1) is 11.3 Å². The molecule has 1 aliphatic rings. The molecular formula is C13H13N3O2S. The highest BCUT2D eigenvalue weighted by molar-refractivity contribution is 7.13. The fourth-order valence-electron chi connectivity index (χ4n) is 2.33. The van der Waals surface area contributed by atoms with Crippen LogP contribution in [0.5, 0.6) is 0 Å². The van der Waals surface area contributed by atoms with Crippen molar-refractivity contribution in [2.45, 2.75) is 19.4 Å². The molecule has 2 aromatic heterocycles. The first kappa shape index (κ1) is 12.0. The molecule has 19 heavy (non-hydrogen) atoms. The first-order valence-electron chi connectivity index (χ1n) is 5.94. The number of nitrogens with one attached hydrogen (secondary N) is 1. The minimum atomic E-state index is -0.182. The van der Waals surface area contributed by atoms with Gasteiger partial charge in [-0.2, -0.15) is 0 Å². The number of nitrogens with zero attached hydrogens (tertiary/aromatic N) is 2. The fourth-order valence-corrected chi connectivity index (χ4v) is 3.23. The Morgan fingerprint density at radius 2 is 2.42 bits per heavy atom. The Kier molecular flexibility index (Phi) is 2.87. The van der Waals surface area contributed by atoms with Crippen LogP contribution in [-0.4, -0.2) is 21.4 Å². The van der Waals surface area contributed by atoms with Gasteiger partial charge in [0.1, 0.15) is 5.00 Å². The molecule has 0 aliphatic carbocycles. The van der Waals surface area contributed by atoms with E-state index in [4.69, 9.17) is 5.21 Å². The van der Waals surface area contributed by atoms with Gasteiger partial charge in [-0.3, -0.25) is 4.79 Å². The lowest BCUT2D eigenvalue weighted by molar-refractivity contribution is 0.0940. The van der Waals surface area contributed by atoms with Crippen LogP contribution in [0.4, 0.5) is 0 Å². The van der Waals surface area contributed by atoms with Crippen molar-refractivity contribution in [2.75, 3.05) is 0 Å². The van der Waals surface area contributed by atoms with Crippen LogP contribution in [0.25, 0.3) is 5.00 Å². The summed E-state index contributed by atoms with van der Waals surface area (Å²) in [7, 11) is 0. The number of hydrogen-bond acceptors (Lipinski definition) is 4. The van der Waals surface area contributed by atoms with Crippen molar-refractivity contribution in [2.24, 2.45) is 5.16 Å². The van der Waals surface area contributed by atoms with E-state index < -0.39 is 0 Å². The summed E-state index contributed by atoms with van der Waals surface area (Å²) in [5.74, 6) is -0.0873. The van der Waals surface area contributed by atoms with Crippen molar-refractivity contribution in [3.8, 4) is 5.00 Å². The Morgan fingerprint density at radius 1 is 1.58 bits per heavy atom. The zero-order valence-electron chi connectivity index (χ0n) is 10.3. The van der Waals surface area contributed by atoms with E-state index in [1.165, 1.54) is 11.3 Å². The van der Waals surface area contributed by atoms with E-state index in [-0.39, 0.29) is 11.9 Å².